The van der Waals surface area contributed by atoms with Crippen molar-refractivity contribution in [1.29, 1.82) is 0 Å². The molecule has 2 heterocycles. The molecule has 3 aliphatic rings. The molecule has 3 fully saturated rings. The summed E-state index contributed by atoms with van der Waals surface area (Å²) in [5.74, 6) is 1.52. The minimum absolute atomic E-state index is 0.273. The fourth-order valence-corrected chi connectivity index (χ4v) is 4.71. The molecule has 2 unspecified atom stereocenters. The lowest BCUT2D eigenvalue weighted by molar-refractivity contribution is -0.135. The fourth-order valence-electron chi connectivity index (χ4n) is 4.71. The first-order valence-corrected chi connectivity index (χ1v) is 11.3. The van der Waals surface area contributed by atoms with Crippen LogP contribution in [0.1, 0.15) is 45.4 Å². The Bertz CT molecular complexity index is 525. The lowest BCUT2D eigenvalue weighted by Crippen LogP contribution is -2.53. The van der Waals surface area contributed by atoms with E-state index in [1.54, 1.807) is 0 Å². The molecule has 0 spiro atoms. The number of carbonyl (C=O) groups is 1. The zero-order valence-corrected chi connectivity index (χ0v) is 18.1. The predicted molar refractivity (Wildman–Crippen MR) is 115 cm³/mol. The second kappa shape index (κ2) is 10.4. The van der Waals surface area contributed by atoms with Gasteiger partial charge in [0.05, 0.1) is 0 Å². The number of amides is 1. The molecule has 0 aromatic carbocycles. The molecule has 2 atom stereocenters. The van der Waals surface area contributed by atoms with Crippen LogP contribution >= 0.6 is 0 Å². The van der Waals surface area contributed by atoms with Gasteiger partial charge >= 0.3 is 0 Å². The SMILES string of the molecule is CN=C(NCC(C)N1CCN(C)CC1)NC1CCN(C(=O)C2CCCCC2)C1. The summed E-state index contributed by atoms with van der Waals surface area (Å²) in [6.45, 7) is 9.41. The van der Waals surface area contributed by atoms with Gasteiger partial charge in [-0.15, -0.1) is 0 Å². The van der Waals surface area contributed by atoms with Gasteiger partial charge in [-0.2, -0.15) is 0 Å². The summed E-state index contributed by atoms with van der Waals surface area (Å²) in [6, 6.07) is 0.790. The van der Waals surface area contributed by atoms with Crippen LogP contribution in [0.15, 0.2) is 4.99 Å². The zero-order chi connectivity index (χ0) is 19.9. The monoisotopic (exact) mass is 392 g/mol. The quantitative estimate of drug-likeness (QED) is 0.539. The summed E-state index contributed by atoms with van der Waals surface area (Å²) in [6.07, 6.45) is 6.90. The third-order valence-corrected chi connectivity index (χ3v) is 6.74. The molecule has 0 bridgehead atoms. The Hall–Kier alpha value is -1.34. The highest BCUT2D eigenvalue weighted by molar-refractivity contribution is 5.81. The Kier molecular flexibility index (Phi) is 7.97. The summed E-state index contributed by atoms with van der Waals surface area (Å²) in [5, 5.41) is 7.03. The van der Waals surface area contributed by atoms with Crippen LogP contribution in [0, 0.1) is 5.92 Å². The number of nitrogens with zero attached hydrogens (tertiary/aromatic N) is 4. The second-order valence-corrected chi connectivity index (χ2v) is 8.89. The number of nitrogens with one attached hydrogen (secondary N) is 2. The standard InChI is InChI=1S/C21H40N6O/c1-17(26-13-11-25(3)12-14-26)15-23-21(22-2)24-19-9-10-27(16-19)20(28)18-7-5-4-6-8-18/h17-19H,4-16H2,1-3H3,(H2,22,23,24). The summed E-state index contributed by atoms with van der Waals surface area (Å²) >= 11 is 0. The van der Waals surface area contributed by atoms with E-state index < -0.39 is 0 Å². The smallest absolute Gasteiger partial charge is 0.225 e. The molecule has 0 aromatic heterocycles. The molecule has 3 rings (SSSR count). The summed E-state index contributed by atoms with van der Waals surface area (Å²) in [7, 11) is 4.02. The van der Waals surface area contributed by atoms with E-state index in [1.165, 1.54) is 19.3 Å². The first-order valence-electron chi connectivity index (χ1n) is 11.3. The third kappa shape index (κ3) is 5.83. The van der Waals surface area contributed by atoms with Gasteiger partial charge in [0.2, 0.25) is 5.91 Å². The van der Waals surface area contributed by atoms with Gasteiger partial charge in [0.15, 0.2) is 5.96 Å². The molecule has 28 heavy (non-hydrogen) atoms. The van der Waals surface area contributed by atoms with Gasteiger partial charge < -0.3 is 20.4 Å². The highest BCUT2D eigenvalue weighted by Crippen LogP contribution is 2.26. The first kappa shape index (κ1) is 21.4. The maximum Gasteiger partial charge on any atom is 0.225 e. The summed E-state index contributed by atoms with van der Waals surface area (Å²) in [4.78, 5) is 24.2. The van der Waals surface area contributed by atoms with Gasteiger partial charge in [0.25, 0.3) is 0 Å². The maximum absolute atomic E-state index is 12.8. The van der Waals surface area contributed by atoms with E-state index in [0.717, 1.165) is 71.0 Å². The molecule has 2 aliphatic heterocycles. The molecule has 1 amide bonds. The summed E-state index contributed by atoms with van der Waals surface area (Å²) < 4.78 is 0. The number of piperazine rings is 1. The van der Waals surface area contributed by atoms with Gasteiger partial charge in [-0.1, -0.05) is 19.3 Å². The molecule has 7 heteroatoms. The van der Waals surface area contributed by atoms with Crippen molar-refractivity contribution < 1.29 is 4.79 Å². The minimum Gasteiger partial charge on any atom is -0.355 e. The number of hydrogen-bond acceptors (Lipinski definition) is 4. The van der Waals surface area contributed by atoms with E-state index in [4.69, 9.17) is 0 Å². The van der Waals surface area contributed by atoms with Crippen LogP contribution in [0.5, 0.6) is 0 Å². The Morgan fingerprint density at radius 3 is 2.46 bits per heavy atom. The van der Waals surface area contributed by atoms with Crippen LogP contribution in [-0.4, -0.2) is 98.6 Å². The normalized spacial score (nSPS) is 27.0. The predicted octanol–water partition coefficient (Wildman–Crippen LogP) is 0.969. The molecule has 2 saturated heterocycles. The molecule has 1 saturated carbocycles. The van der Waals surface area contributed by atoms with E-state index >= 15 is 0 Å². The van der Waals surface area contributed by atoms with Crippen LogP contribution in [0.4, 0.5) is 0 Å². The lowest BCUT2D eigenvalue weighted by atomic mass is 9.88. The van der Waals surface area contributed by atoms with E-state index in [9.17, 15) is 4.79 Å². The van der Waals surface area contributed by atoms with Crippen molar-refractivity contribution in [2.75, 3.05) is 59.9 Å². The van der Waals surface area contributed by atoms with E-state index in [-0.39, 0.29) is 5.92 Å². The van der Waals surface area contributed by atoms with E-state index in [0.29, 0.717) is 18.0 Å². The van der Waals surface area contributed by atoms with Crippen molar-refractivity contribution in [2.24, 2.45) is 10.9 Å². The molecular formula is C21H40N6O. The van der Waals surface area contributed by atoms with Crippen LogP contribution in [-0.2, 0) is 4.79 Å². The maximum atomic E-state index is 12.8. The Morgan fingerprint density at radius 2 is 1.79 bits per heavy atom. The number of aliphatic imine (C=N–C) groups is 1. The van der Waals surface area contributed by atoms with Crippen molar-refractivity contribution in [3.63, 3.8) is 0 Å². The van der Waals surface area contributed by atoms with Gasteiger partial charge in [-0.3, -0.25) is 14.7 Å². The van der Waals surface area contributed by atoms with E-state index in [1.807, 2.05) is 7.05 Å². The van der Waals surface area contributed by atoms with Crippen LogP contribution in [0.25, 0.3) is 0 Å². The van der Waals surface area contributed by atoms with Gasteiger partial charge in [-0.25, -0.2) is 0 Å². The van der Waals surface area contributed by atoms with Crippen LogP contribution < -0.4 is 10.6 Å². The second-order valence-electron chi connectivity index (χ2n) is 8.89. The molecule has 0 radical (unpaired) electrons. The zero-order valence-electron chi connectivity index (χ0n) is 18.1. The van der Waals surface area contributed by atoms with Gasteiger partial charge in [-0.05, 0) is 33.2 Å². The Morgan fingerprint density at radius 1 is 1.07 bits per heavy atom. The molecule has 2 N–H and O–H groups in total. The third-order valence-electron chi connectivity index (χ3n) is 6.74. The molecule has 1 aliphatic carbocycles. The number of likely N-dealkylation sites (N-methyl/N-ethyl adjacent to an activating group) is 1. The number of rotatable bonds is 5. The average Bonchev–Trinajstić information content (AvgIpc) is 3.20. The van der Waals surface area contributed by atoms with Crippen LogP contribution in [0.2, 0.25) is 0 Å². The number of likely N-dealkylation sites (tertiary alicyclic amines) is 1. The van der Waals surface area contributed by atoms with Gasteiger partial charge in [0, 0.05) is 70.9 Å². The minimum atomic E-state index is 0.273. The Balaban J connectivity index is 1.39. The fraction of sp³-hybridized carbons (Fsp3) is 0.905. The summed E-state index contributed by atoms with van der Waals surface area (Å²) in [5.41, 5.74) is 0. The van der Waals surface area contributed by atoms with Crippen molar-refractivity contribution in [1.82, 2.24) is 25.3 Å². The highest BCUT2D eigenvalue weighted by Gasteiger charge is 2.31. The average molecular weight is 393 g/mol. The van der Waals surface area contributed by atoms with Crippen molar-refractivity contribution in [3.8, 4) is 0 Å². The molecule has 160 valence electrons. The number of hydrogen-bond donors (Lipinski definition) is 2. The van der Waals surface area contributed by atoms with Crippen molar-refractivity contribution in [3.05, 3.63) is 0 Å². The largest absolute Gasteiger partial charge is 0.355 e. The molecule has 7 nitrogen and oxygen atoms in total. The highest BCUT2D eigenvalue weighted by atomic mass is 16.2. The van der Waals surface area contributed by atoms with Crippen molar-refractivity contribution in [2.45, 2.75) is 57.5 Å². The van der Waals surface area contributed by atoms with Crippen molar-refractivity contribution >= 4 is 11.9 Å². The number of carbonyl (C=O) groups excluding carboxylic acids is 1. The number of guanidine groups is 1. The first-order chi connectivity index (χ1) is 13.6. The van der Waals surface area contributed by atoms with E-state index in [2.05, 4.69) is 44.3 Å². The topological polar surface area (TPSA) is 63.2 Å². The molecule has 0 aromatic rings. The lowest BCUT2D eigenvalue weighted by Gasteiger charge is -2.36. The van der Waals surface area contributed by atoms with Crippen LogP contribution in [0.3, 0.4) is 0 Å². The van der Waals surface area contributed by atoms with Gasteiger partial charge in [0.1, 0.15) is 0 Å². The molecular weight excluding hydrogens is 352 g/mol. The Labute approximate surface area is 170 Å².